The van der Waals surface area contributed by atoms with Crippen molar-refractivity contribution in [2.24, 2.45) is 5.92 Å². The third kappa shape index (κ3) is 4.79. The number of halogens is 2. The van der Waals surface area contributed by atoms with Crippen molar-refractivity contribution in [1.82, 2.24) is 10.2 Å². The summed E-state index contributed by atoms with van der Waals surface area (Å²) in [5.41, 5.74) is 0. The lowest BCUT2D eigenvalue weighted by molar-refractivity contribution is -0.131. The first-order chi connectivity index (χ1) is 10.5. The number of rotatable bonds is 5. The van der Waals surface area contributed by atoms with Crippen LogP contribution in [0.5, 0.6) is 0 Å². The molecule has 1 saturated heterocycles. The van der Waals surface area contributed by atoms with Gasteiger partial charge in [-0.05, 0) is 57.5 Å². The molecule has 0 bridgehead atoms. The number of carbonyl (C=O) groups excluding carboxylic acids is 1. The number of thioether (sulfide) groups is 1. The third-order valence-corrected chi connectivity index (χ3v) is 5.79. The Balaban J connectivity index is 1.91. The van der Waals surface area contributed by atoms with E-state index in [0.29, 0.717) is 16.0 Å². The Labute approximate surface area is 146 Å². The Morgan fingerprint density at radius 3 is 2.73 bits per heavy atom. The lowest BCUT2D eigenvalue weighted by Gasteiger charge is -2.33. The number of nitrogens with zero attached hydrogens (tertiary/aromatic N) is 1. The summed E-state index contributed by atoms with van der Waals surface area (Å²) in [6, 6.07) is 5.34. The third-order valence-electron chi connectivity index (χ3n) is 3.96. The maximum atomic E-state index is 12.6. The molecular formula is C16H22Cl2N2OS. The maximum Gasteiger partial charge on any atom is 0.235 e. The number of likely N-dealkylation sites (tertiary alicyclic amines) is 1. The topological polar surface area (TPSA) is 32.3 Å². The van der Waals surface area contributed by atoms with Gasteiger partial charge in [0.25, 0.3) is 0 Å². The van der Waals surface area contributed by atoms with Gasteiger partial charge >= 0.3 is 0 Å². The van der Waals surface area contributed by atoms with Crippen LogP contribution in [0.1, 0.15) is 19.8 Å². The molecule has 6 heteroatoms. The van der Waals surface area contributed by atoms with Gasteiger partial charge in [0.1, 0.15) is 0 Å². The van der Waals surface area contributed by atoms with Crippen molar-refractivity contribution in [3.8, 4) is 0 Å². The SMILES string of the molecule is CNCC1CCN(C(=O)C(C)Sc2cc(Cl)ccc2Cl)CC1. The summed E-state index contributed by atoms with van der Waals surface area (Å²) >= 11 is 13.7. The fourth-order valence-corrected chi connectivity index (χ4v) is 4.21. The maximum absolute atomic E-state index is 12.6. The number of piperidine rings is 1. The summed E-state index contributed by atoms with van der Waals surface area (Å²) in [6.07, 6.45) is 2.14. The van der Waals surface area contributed by atoms with Crippen molar-refractivity contribution >= 4 is 40.9 Å². The molecule has 122 valence electrons. The molecule has 1 aliphatic rings. The number of nitrogens with one attached hydrogen (secondary N) is 1. The molecule has 0 radical (unpaired) electrons. The lowest BCUT2D eigenvalue weighted by atomic mass is 9.97. The summed E-state index contributed by atoms with van der Waals surface area (Å²) in [4.78, 5) is 15.4. The molecule has 1 unspecified atom stereocenters. The van der Waals surface area contributed by atoms with Gasteiger partial charge in [0.05, 0.1) is 10.3 Å². The molecule has 1 aromatic carbocycles. The van der Waals surface area contributed by atoms with E-state index in [0.717, 1.165) is 37.4 Å². The highest BCUT2D eigenvalue weighted by Gasteiger charge is 2.26. The second-order valence-corrected chi connectivity index (χ2v) is 7.89. The van der Waals surface area contributed by atoms with Crippen LogP contribution >= 0.6 is 35.0 Å². The quantitative estimate of drug-likeness (QED) is 0.807. The average Bonchev–Trinajstić information content (AvgIpc) is 2.51. The van der Waals surface area contributed by atoms with E-state index in [4.69, 9.17) is 23.2 Å². The molecule has 1 N–H and O–H groups in total. The molecule has 1 aliphatic heterocycles. The number of carbonyl (C=O) groups is 1. The molecule has 1 amide bonds. The van der Waals surface area contributed by atoms with Crippen LogP contribution in [-0.4, -0.2) is 42.7 Å². The Bertz CT molecular complexity index is 519. The highest BCUT2D eigenvalue weighted by molar-refractivity contribution is 8.00. The van der Waals surface area contributed by atoms with E-state index in [-0.39, 0.29) is 11.2 Å². The van der Waals surface area contributed by atoms with Crippen LogP contribution < -0.4 is 5.32 Å². The van der Waals surface area contributed by atoms with E-state index in [2.05, 4.69) is 5.32 Å². The van der Waals surface area contributed by atoms with Gasteiger partial charge in [-0.2, -0.15) is 0 Å². The van der Waals surface area contributed by atoms with Crippen LogP contribution in [0.4, 0.5) is 0 Å². The number of amides is 1. The number of hydrogen-bond acceptors (Lipinski definition) is 3. The number of benzene rings is 1. The minimum absolute atomic E-state index is 0.156. The van der Waals surface area contributed by atoms with Crippen LogP contribution in [0.15, 0.2) is 23.1 Å². The van der Waals surface area contributed by atoms with Crippen molar-refractivity contribution in [3.05, 3.63) is 28.2 Å². The molecule has 0 saturated carbocycles. The van der Waals surface area contributed by atoms with Crippen LogP contribution in [0.3, 0.4) is 0 Å². The van der Waals surface area contributed by atoms with Gasteiger partial charge in [-0.25, -0.2) is 0 Å². The van der Waals surface area contributed by atoms with Crippen LogP contribution in [-0.2, 0) is 4.79 Å². The Hall–Kier alpha value is -0.420. The molecule has 0 spiro atoms. The minimum atomic E-state index is -0.156. The molecule has 3 nitrogen and oxygen atoms in total. The van der Waals surface area contributed by atoms with Crippen molar-refractivity contribution in [2.75, 3.05) is 26.7 Å². The van der Waals surface area contributed by atoms with E-state index in [1.54, 1.807) is 12.1 Å². The van der Waals surface area contributed by atoms with Gasteiger partial charge in [0.2, 0.25) is 5.91 Å². The smallest absolute Gasteiger partial charge is 0.235 e. The summed E-state index contributed by atoms with van der Waals surface area (Å²) in [5, 5.41) is 4.34. The normalized spacial score (nSPS) is 17.5. The van der Waals surface area contributed by atoms with E-state index in [1.807, 2.05) is 24.9 Å². The summed E-state index contributed by atoms with van der Waals surface area (Å²) < 4.78 is 0. The minimum Gasteiger partial charge on any atom is -0.342 e. The summed E-state index contributed by atoms with van der Waals surface area (Å²) in [7, 11) is 1.98. The zero-order valence-electron chi connectivity index (χ0n) is 12.9. The van der Waals surface area contributed by atoms with E-state index in [9.17, 15) is 4.79 Å². The van der Waals surface area contributed by atoms with Crippen LogP contribution in [0, 0.1) is 5.92 Å². The van der Waals surface area contributed by atoms with Gasteiger partial charge < -0.3 is 10.2 Å². The van der Waals surface area contributed by atoms with E-state index < -0.39 is 0 Å². The summed E-state index contributed by atoms with van der Waals surface area (Å²) in [5.74, 6) is 0.864. The predicted molar refractivity (Wildman–Crippen MR) is 95.0 cm³/mol. The van der Waals surface area contributed by atoms with Crippen molar-refractivity contribution in [3.63, 3.8) is 0 Å². The standard InChI is InChI=1S/C16H22Cl2N2OS/c1-11(22-15-9-13(17)3-4-14(15)18)16(21)20-7-5-12(6-8-20)10-19-2/h3-4,9,11-12,19H,5-8,10H2,1-2H3. The molecule has 1 atom stereocenters. The fourth-order valence-electron chi connectivity index (χ4n) is 2.71. The van der Waals surface area contributed by atoms with Crippen molar-refractivity contribution < 1.29 is 4.79 Å². The lowest BCUT2D eigenvalue weighted by Crippen LogP contribution is -2.43. The van der Waals surface area contributed by atoms with Gasteiger partial charge in [-0.1, -0.05) is 23.2 Å². The molecule has 1 fully saturated rings. The fraction of sp³-hybridized carbons (Fsp3) is 0.562. The highest BCUT2D eigenvalue weighted by Crippen LogP contribution is 2.33. The van der Waals surface area contributed by atoms with E-state index in [1.165, 1.54) is 11.8 Å². The molecular weight excluding hydrogens is 339 g/mol. The Morgan fingerprint density at radius 2 is 2.09 bits per heavy atom. The second kappa shape index (κ2) is 8.44. The first kappa shape index (κ1) is 17.9. The van der Waals surface area contributed by atoms with E-state index >= 15 is 0 Å². The number of hydrogen-bond donors (Lipinski definition) is 1. The predicted octanol–water partition coefficient (Wildman–Crippen LogP) is 3.93. The van der Waals surface area contributed by atoms with Gasteiger partial charge in [-0.3, -0.25) is 4.79 Å². The molecule has 1 aromatic rings. The molecule has 2 rings (SSSR count). The van der Waals surface area contributed by atoms with Crippen molar-refractivity contribution in [1.29, 1.82) is 0 Å². The highest BCUT2D eigenvalue weighted by atomic mass is 35.5. The first-order valence-corrected chi connectivity index (χ1v) is 9.20. The first-order valence-electron chi connectivity index (χ1n) is 7.56. The van der Waals surface area contributed by atoms with Crippen LogP contribution in [0.2, 0.25) is 10.0 Å². The molecule has 0 aromatic heterocycles. The zero-order chi connectivity index (χ0) is 16.1. The molecule has 1 heterocycles. The Kier molecular flexibility index (Phi) is 6.87. The molecule has 0 aliphatic carbocycles. The van der Waals surface area contributed by atoms with Crippen molar-refractivity contribution in [2.45, 2.75) is 29.9 Å². The van der Waals surface area contributed by atoms with Gasteiger partial charge in [0.15, 0.2) is 0 Å². The van der Waals surface area contributed by atoms with Crippen LogP contribution in [0.25, 0.3) is 0 Å². The largest absolute Gasteiger partial charge is 0.342 e. The summed E-state index contributed by atoms with van der Waals surface area (Å²) in [6.45, 7) is 4.66. The van der Waals surface area contributed by atoms with Gasteiger partial charge in [-0.15, -0.1) is 11.8 Å². The van der Waals surface area contributed by atoms with Gasteiger partial charge in [0, 0.05) is 23.0 Å². The monoisotopic (exact) mass is 360 g/mol. The second-order valence-electron chi connectivity index (χ2n) is 5.66. The Morgan fingerprint density at radius 1 is 1.41 bits per heavy atom. The average molecular weight is 361 g/mol. The zero-order valence-corrected chi connectivity index (χ0v) is 15.3. The molecule has 22 heavy (non-hydrogen) atoms.